The lowest BCUT2D eigenvalue weighted by molar-refractivity contribution is 0.0600. The van der Waals surface area contributed by atoms with E-state index in [-0.39, 0.29) is 12.1 Å². The molecule has 1 unspecified atom stereocenters. The highest BCUT2D eigenvalue weighted by Gasteiger charge is 2.20. The molecule has 4 heteroatoms. The minimum absolute atomic E-state index is 0.0216. The average Bonchev–Trinajstić information content (AvgIpc) is 2.75. The molecule has 2 rings (SSSR count). The summed E-state index contributed by atoms with van der Waals surface area (Å²) in [5.41, 5.74) is 2.55. The summed E-state index contributed by atoms with van der Waals surface area (Å²) >= 11 is 0. The molecule has 0 spiro atoms. The number of hydrogen-bond donors (Lipinski definition) is 0. The van der Waals surface area contributed by atoms with E-state index >= 15 is 0 Å². The quantitative estimate of drug-likeness (QED) is 0.717. The molecule has 1 heterocycles. The van der Waals surface area contributed by atoms with Gasteiger partial charge in [-0.3, -0.25) is 0 Å². The normalized spacial score (nSPS) is 18.9. The fourth-order valence-electron chi connectivity index (χ4n) is 1.63. The first-order chi connectivity index (χ1) is 7.70. The van der Waals surface area contributed by atoms with Crippen molar-refractivity contribution in [2.45, 2.75) is 19.4 Å². The Kier molecular flexibility index (Phi) is 2.90. The molecule has 0 N–H and O–H groups in total. The minimum Gasteiger partial charge on any atom is -0.465 e. The fourth-order valence-corrected chi connectivity index (χ4v) is 1.63. The largest absolute Gasteiger partial charge is 0.465 e. The number of ether oxygens (including phenoxy) is 1. The van der Waals surface area contributed by atoms with Crippen molar-refractivity contribution in [1.82, 2.24) is 0 Å². The lowest BCUT2D eigenvalue weighted by Crippen LogP contribution is -2.02. The summed E-state index contributed by atoms with van der Waals surface area (Å²) in [5, 5.41) is 3.89. The second kappa shape index (κ2) is 4.35. The van der Waals surface area contributed by atoms with E-state index in [2.05, 4.69) is 9.89 Å². The summed E-state index contributed by atoms with van der Waals surface area (Å²) in [6.07, 6.45) is 0.782. The first kappa shape index (κ1) is 10.7. The number of carbonyl (C=O) groups excluding carboxylic acids is 1. The Labute approximate surface area is 93.9 Å². The number of hydrogen-bond acceptors (Lipinski definition) is 4. The third-order valence-electron chi connectivity index (χ3n) is 2.52. The Bertz CT molecular complexity index is 422. The van der Waals surface area contributed by atoms with Crippen LogP contribution in [0.2, 0.25) is 0 Å². The van der Waals surface area contributed by atoms with E-state index in [1.54, 1.807) is 12.1 Å². The third kappa shape index (κ3) is 2.05. The lowest BCUT2D eigenvalue weighted by Gasteiger charge is -2.08. The van der Waals surface area contributed by atoms with Crippen molar-refractivity contribution >= 4 is 11.7 Å². The van der Waals surface area contributed by atoms with E-state index in [0.29, 0.717) is 5.56 Å². The molecule has 1 aromatic carbocycles. The van der Waals surface area contributed by atoms with E-state index in [4.69, 9.17) is 4.84 Å². The van der Waals surface area contributed by atoms with Crippen molar-refractivity contribution in [3.63, 3.8) is 0 Å². The van der Waals surface area contributed by atoms with Crippen LogP contribution in [0.3, 0.4) is 0 Å². The van der Waals surface area contributed by atoms with Gasteiger partial charge in [-0.05, 0) is 24.6 Å². The molecule has 0 aliphatic carbocycles. The highest BCUT2D eigenvalue weighted by molar-refractivity contribution is 5.89. The zero-order chi connectivity index (χ0) is 11.5. The number of benzene rings is 1. The summed E-state index contributed by atoms with van der Waals surface area (Å²) in [7, 11) is 1.37. The minimum atomic E-state index is -0.327. The van der Waals surface area contributed by atoms with Gasteiger partial charge in [-0.1, -0.05) is 17.3 Å². The van der Waals surface area contributed by atoms with E-state index < -0.39 is 0 Å². The molecule has 84 valence electrons. The van der Waals surface area contributed by atoms with Crippen LogP contribution in [0.5, 0.6) is 0 Å². The molecular weight excluding hydrogens is 206 g/mol. The molecule has 0 saturated heterocycles. The maximum Gasteiger partial charge on any atom is 0.337 e. The van der Waals surface area contributed by atoms with Crippen LogP contribution in [0.4, 0.5) is 0 Å². The summed E-state index contributed by atoms with van der Waals surface area (Å²) < 4.78 is 4.63. The first-order valence-electron chi connectivity index (χ1n) is 5.08. The first-order valence-corrected chi connectivity index (χ1v) is 5.08. The van der Waals surface area contributed by atoms with Gasteiger partial charge in [-0.15, -0.1) is 0 Å². The van der Waals surface area contributed by atoms with Gasteiger partial charge in [0, 0.05) is 6.42 Å². The second-order valence-corrected chi connectivity index (χ2v) is 3.74. The van der Waals surface area contributed by atoms with Gasteiger partial charge in [0.05, 0.1) is 18.4 Å². The summed E-state index contributed by atoms with van der Waals surface area (Å²) in [5.74, 6) is -0.327. The van der Waals surface area contributed by atoms with Crippen LogP contribution in [0.25, 0.3) is 0 Å². The van der Waals surface area contributed by atoms with Crippen molar-refractivity contribution < 1.29 is 14.4 Å². The van der Waals surface area contributed by atoms with Gasteiger partial charge in [-0.25, -0.2) is 4.79 Å². The van der Waals surface area contributed by atoms with Gasteiger partial charge in [0.25, 0.3) is 0 Å². The SMILES string of the molecule is COC(=O)c1ccc(C2CC(C)=NO2)cc1. The van der Waals surface area contributed by atoms with Crippen molar-refractivity contribution in [3.8, 4) is 0 Å². The smallest absolute Gasteiger partial charge is 0.337 e. The molecule has 0 saturated carbocycles. The number of methoxy groups -OCH3 is 1. The number of carbonyl (C=O) groups is 1. The third-order valence-corrected chi connectivity index (χ3v) is 2.52. The Hall–Kier alpha value is -1.84. The molecule has 0 radical (unpaired) electrons. The maximum absolute atomic E-state index is 11.2. The molecule has 4 nitrogen and oxygen atoms in total. The van der Waals surface area contributed by atoms with Gasteiger partial charge in [-0.2, -0.15) is 0 Å². The highest BCUT2D eigenvalue weighted by atomic mass is 16.6. The lowest BCUT2D eigenvalue weighted by atomic mass is 10.0. The molecule has 1 aliphatic rings. The van der Waals surface area contributed by atoms with Crippen molar-refractivity contribution in [2.24, 2.45) is 5.16 Å². The van der Waals surface area contributed by atoms with Crippen LogP contribution in [0.1, 0.15) is 35.4 Å². The molecule has 16 heavy (non-hydrogen) atoms. The standard InChI is InChI=1S/C12H13NO3/c1-8-7-11(16-13-8)9-3-5-10(6-4-9)12(14)15-2/h3-6,11H,7H2,1-2H3. The van der Waals surface area contributed by atoms with Gasteiger partial charge in [0.1, 0.15) is 0 Å². The monoisotopic (exact) mass is 219 g/mol. The highest BCUT2D eigenvalue weighted by Crippen LogP contribution is 2.27. The number of oxime groups is 1. The molecule has 0 fully saturated rings. The molecule has 0 amide bonds. The van der Waals surface area contributed by atoms with Gasteiger partial charge < -0.3 is 9.57 Å². The molecule has 1 aromatic rings. The zero-order valence-electron chi connectivity index (χ0n) is 9.27. The Morgan fingerprint density at radius 3 is 2.62 bits per heavy atom. The summed E-state index contributed by atoms with van der Waals surface area (Å²) in [6, 6.07) is 7.20. The van der Waals surface area contributed by atoms with Crippen molar-refractivity contribution in [3.05, 3.63) is 35.4 Å². The maximum atomic E-state index is 11.2. The van der Waals surface area contributed by atoms with Gasteiger partial charge in [0.15, 0.2) is 6.10 Å². The molecule has 0 aromatic heterocycles. The topological polar surface area (TPSA) is 47.9 Å². The van der Waals surface area contributed by atoms with Crippen LogP contribution in [0, 0.1) is 0 Å². The average molecular weight is 219 g/mol. The van der Waals surface area contributed by atoms with E-state index in [1.807, 2.05) is 19.1 Å². The number of esters is 1. The van der Waals surface area contributed by atoms with E-state index in [1.165, 1.54) is 7.11 Å². The predicted molar refractivity (Wildman–Crippen MR) is 59.3 cm³/mol. The second-order valence-electron chi connectivity index (χ2n) is 3.74. The summed E-state index contributed by atoms with van der Waals surface area (Å²) in [4.78, 5) is 16.5. The van der Waals surface area contributed by atoms with Gasteiger partial charge in [0.2, 0.25) is 0 Å². The Morgan fingerprint density at radius 2 is 2.12 bits per heavy atom. The van der Waals surface area contributed by atoms with Crippen LogP contribution in [-0.2, 0) is 9.57 Å². The van der Waals surface area contributed by atoms with Crippen LogP contribution in [0.15, 0.2) is 29.4 Å². The Balaban J connectivity index is 2.11. The van der Waals surface area contributed by atoms with Crippen LogP contribution >= 0.6 is 0 Å². The summed E-state index contributed by atoms with van der Waals surface area (Å²) in [6.45, 7) is 1.93. The van der Waals surface area contributed by atoms with E-state index in [9.17, 15) is 4.79 Å². The van der Waals surface area contributed by atoms with Crippen LogP contribution < -0.4 is 0 Å². The number of rotatable bonds is 2. The molecule has 1 atom stereocenters. The fraction of sp³-hybridized carbons (Fsp3) is 0.333. The van der Waals surface area contributed by atoms with Gasteiger partial charge >= 0.3 is 5.97 Å². The van der Waals surface area contributed by atoms with Crippen molar-refractivity contribution in [1.29, 1.82) is 0 Å². The Morgan fingerprint density at radius 1 is 1.44 bits per heavy atom. The molecule has 1 aliphatic heterocycles. The van der Waals surface area contributed by atoms with E-state index in [0.717, 1.165) is 17.7 Å². The zero-order valence-corrected chi connectivity index (χ0v) is 9.27. The van der Waals surface area contributed by atoms with Crippen molar-refractivity contribution in [2.75, 3.05) is 7.11 Å². The molecule has 0 bridgehead atoms. The van der Waals surface area contributed by atoms with Crippen LogP contribution in [-0.4, -0.2) is 18.8 Å². The number of nitrogens with zero attached hydrogens (tertiary/aromatic N) is 1. The molecular formula is C12H13NO3. The predicted octanol–water partition coefficient (Wildman–Crippen LogP) is 2.31.